The molecule has 4 rings (SSSR count). The molecule has 0 bridgehead atoms. The highest BCUT2D eigenvalue weighted by atomic mass is 32.2. The minimum absolute atomic E-state index is 0.0307. The van der Waals surface area contributed by atoms with Crippen LogP contribution in [0.15, 0.2) is 42.5 Å². The number of halogens is 2. The summed E-state index contributed by atoms with van der Waals surface area (Å²) in [5.41, 5.74) is 5.47. The van der Waals surface area contributed by atoms with Crippen LogP contribution in [0.1, 0.15) is 47.6 Å². The molecule has 0 radical (unpaired) electrons. The van der Waals surface area contributed by atoms with Crippen molar-refractivity contribution < 1.29 is 17.8 Å². The molecule has 0 aromatic heterocycles. The van der Waals surface area contributed by atoms with Gasteiger partial charge in [-0.15, -0.1) is 0 Å². The van der Waals surface area contributed by atoms with Gasteiger partial charge in [0.05, 0.1) is 10.7 Å². The number of carbonyl (C=O) groups is 1. The molecule has 1 saturated heterocycles. The molecule has 1 aliphatic heterocycles. The molecule has 1 aliphatic carbocycles. The molecule has 2 fully saturated rings. The van der Waals surface area contributed by atoms with Crippen LogP contribution in [0.2, 0.25) is 0 Å². The third-order valence-corrected chi connectivity index (χ3v) is 7.58. The van der Waals surface area contributed by atoms with Gasteiger partial charge in [-0.25, -0.2) is 17.3 Å². The topological polar surface area (TPSA) is 63.4 Å². The predicted octanol–water partition coefficient (Wildman–Crippen LogP) is 3.48. The third kappa shape index (κ3) is 3.37. The van der Waals surface area contributed by atoms with E-state index in [9.17, 15) is 17.8 Å². The quantitative estimate of drug-likeness (QED) is 0.829. The van der Waals surface area contributed by atoms with Crippen LogP contribution in [0.4, 0.5) is 8.78 Å². The number of primary amides is 1. The molecular formula is C21H22F2N2O2S. The van der Waals surface area contributed by atoms with Gasteiger partial charge in [0, 0.05) is 24.2 Å². The number of hydrogen-bond acceptors (Lipinski definition) is 2. The zero-order valence-corrected chi connectivity index (χ0v) is 16.2. The SMILES string of the molecule is NC(=O)C1(c2cc(F)c(CN3CCC[C@H](c4ccccc4)S3=O)cc2F)CC1. The van der Waals surface area contributed by atoms with E-state index >= 15 is 0 Å². The average molecular weight is 404 g/mol. The van der Waals surface area contributed by atoms with E-state index in [0.717, 1.165) is 30.5 Å². The van der Waals surface area contributed by atoms with Gasteiger partial charge in [0.2, 0.25) is 5.91 Å². The number of carbonyl (C=O) groups excluding carboxylic acids is 1. The Balaban J connectivity index is 1.56. The van der Waals surface area contributed by atoms with Gasteiger partial charge in [-0.05, 0) is 43.4 Å². The Kier molecular flexibility index (Phi) is 5.05. The molecule has 1 heterocycles. The van der Waals surface area contributed by atoms with E-state index in [1.54, 1.807) is 4.31 Å². The van der Waals surface area contributed by atoms with E-state index < -0.39 is 33.9 Å². The second kappa shape index (κ2) is 7.37. The minimum Gasteiger partial charge on any atom is -0.369 e. The minimum atomic E-state index is -1.33. The van der Waals surface area contributed by atoms with Crippen LogP contribution in [0.3, 0.4) is 0 Å². The highest BCUT2D eigenvalue weighted by molar-refractivity contribution is 7.82. The smallest absolute Gasteiger partial charge is 0.228 e. The van der Waals surface area contributed by atoms with Crippen molar-refractivity contribution in [3.8, 4) is 0 Å². The van der Waals surface area contributed by atoms with Gasteiger partial charge in [0.25, 0.3) is 0 Å². The molecule has 2 aliphatic rings. The summed E-state index contributed by atoms with van der Waals surface area (Å²) in [7, 11) is -1.33. The molecule has 2 atom stereocenters. The fourth-order valence-electron chi connectivity index (χ4n) is 3.96. The summed E-state index contributed by atoms with van der Waals surface area (Å²) in [6.07, 6.45) is 2.50. The zero-order chi connectivity index (χ0) is 19.9. The van der Waals surface area contributed by atoms with Crippen LogP contribution < -0.4 is 5.73 Å². The Bertz CT molecular complexity index is 932. The third-order valence-electron chi connectivity index (χ3n) is 5.76. The van der Waals surface area contributed by atoms with Crippen molar-refractivity contribution in [3.63, 3.8) is 0 Å². The molecule has 2 aromatic carbocycles. The van der Waals surface area contributed by atoms with Crippen LogP contribution in [0.5, 0.6) is 0 Å². The Morgan fingerprint density at radius 3 is 2.54 bits per heavy atom. The number of nitrogens with zero attached hydrogens (tertiary/aromatic N) is 1. The molecule has 1 amide bonds. The first kappa shape index (κ1) is 19.2. The lowest BCUT2D eigenvalue weighted by Crippen LogP contribution is -2.35. The molecule has 1 unspecified atom stereocenters. The van der Waals surface area contributed by atoms with E-state index in [2.05, 4.69) is 0 Å². The Morgan fingerprint density at radius 1 is 1.18 bits per heavy atom. The Labute approximate surface area is 165 Å². The molecule has 7 heteroatoms. The molecule has 2 N–H and O–H groups in total. The molecule has 148 valence electrons. The number of amides is 1. The van der Waals surface area contributed by atoms with Crippen molar-refractivity contribution >= 4 is 16.9 Å². The van der Waals surface area contributed by atoms with Crippen LogP contribution in [-0.2, 0) is 27.7 Å². The van der Waals surface area contributed by atoms with Crippen LogP contribution in [0.25, 0.3) is 0 Å². The van der Waals surface area contributed by atoms with Crippen LogP contribution in [-0.4, -0.2) is 21.0 Å². The highest BCUT2D eigenvalue weighted by Gasteiger charge is 2.52. The monoisotopic (exact) mass is 404 g/mol. The molecule has 4 nitrogen and oxygen atoms in total. The molecule has 1 saturated carbocycles. The Morgan fingerprint density at radius 2 is 1.89 bits per heavy atom. The molecule has 0 spiro atoms. The van der Waals surface area contributed by atoms with Gasteiger partial charge in [-0.3, -0.25) is 4.79 Å². The molecular weight excluding hydrogens is 382 g/mol. The first-order valence-corrected chi connectivity index (χ1v) is 10.6. The first-order valence-electron chi connectivity index (χ1n) is 9.41. The first-order chi connectivity index (χ1) is 13.4. The van der Waals surface area contributed by atoms with Crippen LogP contribution in [0, 0.1) is 11.6 Å². The van der Waals surface area contributed by atoms with E-state index in [4.69, 9.17) is 5.73 Å². The Hall–Kier alpha value is -2.12. The fraction of sp³-hybridized carbons (Fsp3) is 0.381. The van der Waals surface area contributed by atoms with Crippen molar-refractivity contribution in [2.75, 3.05) is 6.54 Å². The van der Waals surface area contributed by atoms with E-state index in [1.807, 2.05) is 30.3 Å². The van der Waals surface area contributed by atoms with Gasteiger partial charge in [-0.2, -0.15) is 0 Å². The van der Waals surface area contributed by atoms with E-state index in [-0.39, 0.29) is 22.9 Å². The number of benzene rings is 2. The van der Waals surface area contributed by atoms with Crippen molar-refractivity contribution in [2.24, 2.45) is 5.73 Å². The summed E-state index contributed by atoms with van der Waals surface area (Å²) in [5.74, 6) is -1.85. The second-order valence-electron chi connectivity index (χ2n) is 7.55. The number of hydrogen-bond donors (Lipinski definition) is 1. The van der Waals surface area contributed by atoms with Gasteiger partial charge < -0.3 is 5.73 Å². The van der Waals surface area contributed by atoms with Gasteiger partial charge in [-0.1, -0.05) is 30.3 Å². The fourth-order valence-corrected chi connectivity index (χ4v) is 5.65. The zero-order valence-electron chi connectivity index (χ0n) is 15.4. The second-order valence-corrected chi connectivity index (χ2v) is 9.19. The van der Waals surface area contributed by atoms with Crippen molar-refractivity contribution in [1.29, 1.82) is 0 Å². The van der Waals surface area contributed by atoms with Crippen molar-refractivity contribution in [1.82, 2.24) is 4.31 Å². The van der Waals surface area contributed by atoms with Gasteiger partial charge in [0.1, 0.15) is 22.6 Å². The predicted molar refractivity (Wildman–Crippen MR) is 103 cm³/mol. The van der Waals surface area contributed by atoms with Gasteiger partial charge >= 0.3 is 0 Å². The summed E-state index contributed by atoms with van der Waals surface area (Å²) < 4.78 is 44.1. The average Bonchev–Trinajstić information content (AvgIpc) is 3.49. The summed E-state index contributed by atoms with van der Waals surface area (Å²) in [6.45, 7) is 0.618. The number of nitrogens with two attached hydrogens (primary N) is 1. The summed E-state index contributed by atoms with van der Waals surface area (Å²) in [4.78, 5) is 11.6. The lowest BCUT2D eigenvalue weighted by atomic mass is 9.93. The van der Waals surface area contributed by atoms with Crippen molar-refractivity contribution in [3.05, 3.63) is 70.8 Å². The van der Waals surface area contributed by atoms with Crippen LogP contribution >= 0.6 is 0 Å². The lowest BCUT2D eigenvalue weighted by molar-refractivity contribution is -0.120. The highest BCUT2D eigenvalue weighted by Crippen LogP contribution is 2.49. The molecule has 28 heavy (non-hydrogen) atoms. The van der Waals surface area contributed by atoms with E-state index in [0.29, 0.717) is 19.4 Å². The standard InChI is InChI=1S/C21H22F2N2O2S/c22-17-12-16(21(8-9-21)20(24)26)18(23)11-15(17)13-25-10-4-7-19(28(25)27)14-5-2-1-3-6-14/h1-3,5-6,11-12,19H,4,7-10,13H2,(H2,24,26)/t19-,28?/m1/s1. The summed E-state index contributed by atoms with van der Waals surface area (Å²) >= 11 is 0. The van der Waals surface area contributed by atoms with E-state index in [1.165, 1.54) is 0 Å². The summed E-state index contributed by atoms with van der Waals surface area (Å²) in [5, 5.41) is -0.147. The lowest BCUT2D eigenvalue weighted by Gasteiger charge is -2.32. The molecule has 2 aromatic rings. The maximum Gasteiger partial charge on any atom is 0.228 e. The van der Waals surface area contributed by atoms with Crippen molar-refractivity contribution in [2.45, 2.75) is 42.9 Å². The number of rotatable bonds is 5. The maximum atomic E-state index is 14.7. The maximum absolute atomic E-state index is 14.7. The summed E-state index contributed by atoms with van der Waals surface area (Å²) in [6, 6.07) is 11.8. The normalized spacial score (nSPS) is 24.1. The largest absolute Gasteiger partial charge is 0.369 e. The van der Waals surface area contributed by atoms with Gasteiger partial charge in [0.15, 0.2) is 0 Å².